The SMILES string of the molecule is Cc1ccc(CC2(O)CCC3(CCCC3)CC2)cc1. The van der Waals surface area contributed by atoms with Gasteiger partial charge in [-0.1, -0.05) is 42.7 Å². The van der Waals surface area contributed by atoms with E-state index < -0.39 is 5.60 Å². The van der Waals surface area contributed by atoms with Gasteiger partial charge in [0.15, 0.2) is 0 Å². The lowest BCUT2D eigenvalue weighted by molar-refractivity contribution is -0.0322. The highest BCUT2D eigenvalue weighted by Gasteiger charge is 2.42. The Morgan fingerprint density at radius 3 is 2.05 bits per heavy atom. The van der Waals surface area contributed by atoms with E-state index in [4.69, 9.17) is 0 Å². The molecule has 0 bridgehead atoms. The number of hydrogen-bond donors (Lipinski definition) is 1. The van der Waals surface area contributed by atoms with E-state index in [1.54, 1.807) is 0 Å². The molecule has 0 aromatic heterocycles. The molecule has 0 aliphatic heterocycles. The normalized spacial score (nSPS) is 24.7. The van der Waals surface area contributed by atoms with Crippen LogP contribution < -0.4 is 0 Å². The summed E-state index contributed by atoms with van der Waals surface area (Å²) >= 11 is 0. The molecule has 0 amide bonds. The zero-order valence-corrected chi connectivity index (χ0v) is 12.1. The molecule has 3 rings (SSSR count). The van der Waals surface area contributed by atoms with Gasteiger partial charge in [-0.2, -0.15) is 0 Å². The van der Waals surface area contributed by atoms with Gasteiger partial charge in [-0.3, -0.25) is 0 Å². The van der Waals surface area contributed by atoms with Crippen LogP contribution in [0, 0.1) is 12.3 Å². The molecule has 1 nitrogen and oxygen atoms in total. The monoisotopic (exact) mass is 258 g/mol. The Balaban J connectivity index is 1.63. The number of rotatable bonds is 2. The lowest BCUT2D eigenvalue weighted by atomic mass is 9.66. The van der Waals surface area contributed by atoms with Crippen LogP contribution >= 0.6 is 0 Å². The molecular formula is C18H26O. The van der Waals surface area contributed by atoms with Crippen molar-refractivity contribution in [3.63, 3.8) is 0 Å². The molecule has 1 aromatic rings. The Labute approximate surface area is 117 Å². The minimum atomic E-state index is -0.441. The summed E-state index contributed by atoms with van der Waals surface area (Å²) in [5.74, 6) is 0. The zero-order chi connectivity index (χ0) is 13.3. The maximum absolute atomic E-state index is 10.8. The van der Waals surface area contributed by atoms with Crippen molar-refractivity contribution in [2.24, 2.45) is 5.41 Å². The van der Waals surface area contributed by atoms with Gasteiger partial charge in [-0.15, -0.1) is 0 Å². The van der Waals surface area contributed by atoms with E-state index in [1.807, 2.05) is 0 Å². The van der Waals surface area contributed by atoms with Crippen LogP contribution in [0.3, 0.4) is 0 Å². The molecule has 2 saturated carbocycles. The maximum Gasteiger partial charge on any atom is 0.0688 e. The third kappa shape index (κ3) is 2.86. The fourth-order valence-electron chi connectivity index (χ4n) is 4.13. The second kappa shape index (κ2) is 4.94. The Hall–Kier alpha value is -0.820. The van der Waals surface area contributed by atoms with Crippen molar-refractivity contribution in [3.8, 4) is 0 Å². The average Bonchev–Trinajstić information content (AvgIpc) is 2.86. The van der Waals surface area contributed by atoms with Crippen LogP contribution in [0.25, 0.3) is 0 Å². The molecule has 0 atom stereocenters. The standard InChI is InChI=1S/C18H26O/c1-15-4-6-16(7-5-15)14-18(19)12-10-17(11-13-18)8-2-3-9-17/h4-7,19H,2-3,8-14H2,1H3. The van der Waals surface area contributed by atoms with Crippen molar-refractivity contribution in [1.82, 2.24) is 0 Å². The minimum absolute atomic E-state index is 0.441. The van der Waals surface area contributed by atoms with Gasteiger partial charge in [0.2, 0.25) is 0 Å². The van der Waals surface area contributed by atoms with Crippen LogP contribution in [0.1, 0.15) is 62.5 Å². The van der Waals surface area contributed by atoms with Crippen molar-refractivity contribution in [3.05, 3.63) is 35.4 Å². The first-order chi connectivity index (χ1) is 9.09. The lowest BCUT2D eigenvalue weighted by Crippen LogP contribution is -2.39. The third-order valence-electron chi connectivity index (χ3n) is 5.56. The van der Waals surface area contributed by atoms with E-state index >= 15 is 0 Å². The Morgan fingerprint density at radius 2 is 1.47 bits per heavy atom. The molecule has 1 spiro atoms. The third-order valence-corrected chi connectivity index (χ3v) is 5.56. The predicted molar refractivity (Wildman–Crippen MR) is 79.2 cm³/mol. The number of hydrogen-bond acceptors (Lipinski definition) is 1. The van der Waals surface area contributed by atoms with Crippen molar-refractivity contribution >= 4 is 0 Å². The molecule has 2 aliphatic carbocycles. The quantitative estimate of drug-likeness (QED) is 0.833. The molecule has 0 saturated heterocycles. The summed E-state index contributed by atoms with van der Waals surface area (Å²) in [7, 11) is 0. The summed E-state index contributed by atoms with van der Waals surface area (Å²) in [6.07, 6.45) is 11.0. The summed E-state index contributed by atoms with van der Waals surface area (Å²) in [6, 6.07) is 8.65. The second-order valence-electron chi connectivity index (χ2n) is 7.09. The van der Waals surface area contributed by atoms with E-state index in [2.05, 4.69) is 31.2 Å². The molecule has 2 fully saturated rings. The van der Waals surface area contributed by atoms with Crippen LogP contribution in [-0.2, 0) is 6.42 Å². The summed E-state index contributed by atoms with van der Waals surface area (Å²) in [5.41, 5.74) is 2.75. The van der Waals surface area contributed by atoms with Crippen LogP contribution in [-0.4, -0.2) is 10.7 Å². The van der Waals surface area contributed by atoms with Gasteiger partial charge in [0, 0.05) is 6.42 Å². The molecular weight excluding hydrogens is 232 g/mol. The molecule has 1 N–H and O–H groups in total. The molecule has 0 unspecified atom stereocenters. The summed E-state index contributed by atoms with van der Waals surface area (Å²) in [6.45, 7) is 2.11. The van der Waals surface area contributed by atoms with Gasteiger partial charge in [-0.05, 0) is 56.4 Å². The first-order valence-electron chi connectivity index (χ1n) is 7.87. The topological polar surface area (TPSA) is 20.2 Å². The molecule has 1 heteroatoms. The molecule has 1 aromatic carbocycles. The first-order valence-corrected chi connectivity index (χ1v) is 7.87. The Morgan fingerprint density at radius 1 is 0.895 bits per heavy atom. The van der Waals surface area contributed by atoms with Crippen molar-refractivity contribution in [1.29, 1.82) is 0 Å². The lowest BCUT2D eigenvalue weighted by Gasteiger charge is -2.42. The van der Waals surface area contributed by atoms with Crippen molar-refractivity contribution in [2.75, 3.05) is 0 Å². The average molecular weight is 258 g/mol. The fourth-order valence-corrected chi connectivity index (χ4v) is 4.13. The van der Waals surface area contributed by atoms with Gasteiger partial charge in [0.1, 0.15) is 0 Å². The Bertz CT molecular complexity index is 416. The number of aliphatic hydroxyl groups is 1. The van der Waals surface area contributed by atoms with Crippen LogP contribution in [0.5, 0.6) is 0 Å². The van der Waals surface area contributed by atoms with Gasteiger partial charge < -0.3 is 5.11 Å². The highest BCUT2D eigenvalue weighted by Crippen LogP contribution is 2.51. The van der Waals surface area contributed by atoms with E-state index in [-0.39, 0.29) is 0 Å². The van der Waals surface area contributed by atoms with Gasteiger partial charge in [-0.25, -0.2) is 0 Å². The highest BCUT2D eigenvalue weighted by atomic mass is 16.3. The van der Waals surface area contributed by atoms with E-state index in [0.717, 1.165) is 19.3 Å². The van der Waals surface area contributed by atoms with E-state index in [9.17, 15) is 5.11 Å². The fraction of sp³-hybridized carbons (Fsp3) is 0.667. The molecule has 19 heavy (non-hydrogen) atoms. The Kier molecular flexibility index (Phi) is 3.42. The molecule has 104 valence electrons. The second-order valence-corrected chi connectivity index (χ2v) is 7.09. The smallest absolute Gasteiger partial charge is 0.0688 e. The van der Waals surface area contributed by atoms with Crippen LogP contribution in [0.2, 0.25) is 0 Å². The number of benzene rings is 1. The van der Waals surface area contributed by atoms with Crippen molar-refractivity contribution in [2.45, 2.75) is 70.3 Å². The van der Waals surface area contributed by atoms with Crippen LogP contribution in [0.15, 0.2) is 24.3 Å². The molecule has 0 radical (unpaired) electrons. The summed E-state index contributed by atoms with van der Waals surface area (Å²) in [5, 5.41) is 10.8. The van der Waals surface area contributed by atoms with Gasteiger partial charge in [0.05, 0.1) is 5.60 Å². The first kappa shape index (κ1) is 13.2. The molecule has 0 heterocycles. The minimum Gasteiger partial charge on any atom is -0.390 e. The summed E-state index contributed by atoms with van der Waals surface area (Å²) in [4.78, 5) is 0. The predicted octanol–water partition coefficient (Wildman–Crippen LogP) is 4.40. The summed E-state index contributed by atoms with van der Waals surface area (Å²) < 4.78 is 0. The van der Waals surface area contributed by atoms with Gasteiger partial charge in [0.25, 0.3) is 0 Å². The van der Waals surface area contributed by atoms with Gasteiger partial charge >= 0.3 is 0 Å². The number of aryl methyl sites for hydroxylation is 1. The van der Waals surface area contributed by atoms with Crippen molar-refractivity contribution < 1.29 is 5.11 Å². The van der Waals surface area contributed by atoms with E-state index in [0.29, 0.717) is 5.41 Å². The molecule has 2 aliphatic rings. The maximum atomic E-state index is 10.8. The van der Waals surface area contributed by atoms with Crippen LogP contribution in [0.4, 0.5) is 0 Å². The highest BCUT2D eigenvalue weighted by molar-refractivity contribution is 5.23. The van der Waals surface area contributed by atoms with E-state index in [1.165, 1.54) is 49.7 Å². The largest absolute Gasteiger partial charge is 0.390 e. The zero-order valence-electron chi connectivity index (χ0n) is 12.1.